The fourth-order valence-electron chi connectivity index (χ4n) is 2.43. The molecule has 0 spiro atoms. The van der Waals surface area contributed by atoms with Gasteiger partial charge in [-0.1, -0.05) is 25.1 Å². The SMILES string of the molecule is CCc1cccc2c(C(=O)c3occc3C)c[nH]c12. The molecule has 0 aliphatic heterocycles. The van der Waals surface area contributed by atoms with Crippen LogP contribution in [0.2, 0.25) is 0 Å². The Hall–Kier alpha value is -2.29. The maximum atomic E-state index is 12.5. The zero-order valence-corrected chi connectivity index (χ0v) is 11.0. The molecule has 0 fully saturated rings. The largest absolute Gasteiger partial charge is 0.461 e. The number of aryl methyl sites for hydroxylation is 2. The number of carbonyl (C=O) groups is 1. The van der Waals surface area contributed by atoms with Crippen LogP contribution < -0.4 is 0 Å². The minimum Gasteiger partial charge on any atom is -0.461 e. The third-order valence-electron chi connectivity index (χ3n) is 3.50. The molecule has 0 bridgehead atoms. The summed E-state index contributed by atoms with van der Waals surface area (Å²) in [5.41, 5.74) is 3.79. The second-order valence-electron chi connectivity index (χ2n) is 4.66. The first-order valence-electron chi connectivity index (χ1n) is 6.40. The van der Waals surface area contributed by atoms with Crippen LogP contribution >= 0.6 is 0 Å². The molecule has 3 rings (SSSR count). The average molecular weight is 253 g/mol. The van der Waals surface area contributed by atoms with E-state index in [4.69, 9.17) is 4.42 Å². The topological polar surface area (TPSA) is 46.0 Å². The van der Waals surface area contributed by atoms with E-state index < -0.39 is 0 Å². The molecule has 2 aromatic heterocycles. The summed E-state index contributed by atoms with van der Waals surface area (Å²) >= 11 is 0. The maximum Gasteiger partial charge on any atom is 0.230 e. The number of H-pyrrole nitrogens is 1. The van der Waals surface area contributed by atoms with Crippen molar-refractivity contribution in [2.24, 2.45) is 0 Å². The van der Waals surface area contributed by atoms with Gasteiger partial charge < -0.3 is 9.40 Å². The van der Waals surface area contributed by atoms with Gasteiger partial charge in [-0.05, 0) is 30.5 Å². The Bertz CT molecular complexity index is 749. The second kappa shape index (κ2) is 4.43. The standard InChI is InChI=1S/C16H15NO2/c1-3-11-5-4-6-12-13(9-17-14(11)12)15(18)16-10(2)7-8-19-16/h4-9,17H,3H2,1-2H3. The number of nitrogens with one attached hydrogen (secondary N) is 1. The lowest BCUT2D eigenvalue weighted by atomic mass is 10.0. The molecule has 0 aliphatic rings. The van der Waals surface area contributed by atoms with Crippen molar-refractivity contribution in [3.63, 3.8) is 0 Å². The number of hydrogen-bond acceptors (Lipinski definition) is 2. The van der Waals surface area contributed by atoms with Gasteiger partial charge in [-0.3, -0.25) is 4.79 Å². The van der Waals surface area contributed by atoms with Gasteiger partial charge in [0.1, 0.15) is 0 Å². The number of fused-ring (bicyclic) bond motifs is 1. The maximum absolute atomic E-state index is 12.5. The van der Waals surface area contributed by atoms with Crippen molar-refractivity contribution in [3.8, 4) is 0 Å². The monoisotopic (exact) mass is 253 g/mol. The highest BCUT2D eigenvalue weighted by molar-refractivity contribution is 6.15. The molecular formula is C16H15NO2. The lowest BCUT2D eigenvalue weighted by Crippen LogP contribution is -2.00. The first-order valence-corrected chi connectivity index (χ1v) is 6.40. The van der Waals surface area contributed by atoms with E-state index >= 15 is 0 Å². The van der Waals surface area contributed by atoms with Crippen molar-refractivity contribution in [2.75, 3.05) is 0 Å². The van der Waals surface area contributed by atoms with E-state index in [1.54, 1.807) is 18.5 Å². The molecule has 3 aromatic rings. The number of furan rings is 1. The van der Waals surface area contributed by atoms with Crippen molar-refractivity contribution < 1.29 is 9.21 Å². The Morgan fingerprint density at radius 3 is 2.84 bits per heavy atom. The fourth-order valence-corrected chi connectivity index (χ4v) is 2.43. The molecule has 1 aromatic carbocycles. The van der Waals surface area contributed by atoms with Gasteiger partial charge in [-0.2, -0.15) is 0 Å². The number of ketones is 1. The zero-order valence-electron chi connectivity index (χ0n) is 11.0. The highest BCUT2D eigenvalue weighted by Gasteiger charge is 2.19. The number of aromatic amines is 1. The van der Waals surface area contributed by atoms with Gasteiger partial charge in [0.2, 0.25) is 5.78 Å². The summed E-state index contributed by atoms with van der Waals surface area (Å²) < 4.78 is 5.29. The molecule has 1 N–H and O–H groups in total. The molecule has 19 heavy (non-hydrogen) atoms. The summed E-state index contributed by atoms with van der Waals surface area (Å²) in [5, 5.41) is 0.958. The van der Waals surface area contributed by atoms with E-state index in [2.05, 4.69) is 18.0 Å². The van der Waals surface area contributed by atoms with Gasteiger partial charge >= 0.3 is 0 Å². The van der Waals surface area contributed by atoms with E-state index in [1.165, 1.54) is 5.56 Å². The molecule has 0 unspecified atom stereocenters. The second-order valence-corrected chi connectivity index (χ2v) is 4.66. The molecule has 0 radical (unpaired) electrons. The zero-order chi connectivity index (χ0) is 13.4. The van der Waals surface area contributed by atoms with Gasteiger partial charge in [0.15, 0.2) is 5.76 Å². The van der Waals surface area contributed by atoms with E-state index in [0.29, 0.717) is 11.3 Å². The number of aromatic nitrogens is 1. The summed E-state index contributed by atoms with van der Waals surface area (Å²) in [7, 11) is 0. The minimum absolute atomic E-state index is 0.0676. The van der Waals surface area contributed by atoms with Crippen molar-refractivity contribution in [1.29, 1.82) is 0 Å². The predicted molar refractivity (Wildman–Crippen MR) is 74.6 cm³/mol. The lowest BCUT2D eigenvalue weighted by molar-refractivity contribution is 0.101. The Morgan fingerprint density at radius 1 is 1.32 bits per heavy atom. The highest BCUT2D eigenvalue weighted by Crippen LogP contribution is 2.25. The van der Waals surface area contributed by atoms with E-state index in [-0.39, 0.29) is 5.78 Å². The Balaban J connectivity index is 2.17. The van der Waals surface area contributed by atoms with E-state index in [1.807, 2.05) is 19.1 Å². The minimum atomic E-state index is -0.0676. The molecule has 2 heterocycles. The molecule has 0 saturated heterocycles. The van der Waals surface area contributed by atoms with Crippen molar-refractivity contribution in [1.82, 2.24) is 4.98 Å². The van der Waals surface area contributed by atoms with Crippen LogP contribution in [0.1, 0.15) is 34.2 Å². The highest BCUT2D eigenvalue weighted by atomic mass is 16.3. The molecule has 3 heteroatoms. The van der Waals surface area contributed by atoms with Crippen LogP contribution in [0.5, 0.6) is 0 Å². The van der Waals surface area contributed by atoms with Crippen LogP contribution in [0.3, 0.4) is 0 Å². The molecule has 3 nitrogen and oxygen atoms in total. The first kappa shape index (κ1) is 11.8. The van der Waals surface area contributed by atoms with Gasteiger partial charge in [-0.15, -0.1) is 0 Å². The van der Waals surface area contributed by atoms with E-state index in [0.717, 1.165) is 22.9 Å². The van der Waals surface area contributed by atoms with Crippen LogP contribution in [-0.2, 0) is 6.42 Å². The summed E-state index contributed by atoms with van der Waals surface area (Å²) in [6, 6.07) is 7.84. The first-order chi connectivity index (χ1) is 9.22. The third kappa shape index (κ3) is 1.78. The number of para-hydroxylation sites is 1. The molecule has 0 amide bonds. The van der Waals surface area contributed by atoms with Crippen LogP contribution in [0.15, 0.2) is 41.1 Å². The van der Waals surface area contributed by atoms with Gasteiger partial charge in [0.05, 0.1) is 11.8 Å². The Kier molecular flexibility index (Phi) is 2.75. The van der Waals surface area contributed by atoms with Gasteiger partial charge in [0.25, 0.3) is 0 Å². The van der Waals surface area contributed by atoms with Gasteiger partial charge in [0, 0.05) is 17.1 Å². The number of hydrogen-bond donors (Lipinski definition) is 1. The smallest absolute Gasteiger partial charge is 0.230 e. The van der Waals surface area contributed by atoms with Gasteiger partial charge in [-0.25, -0.2) is 0 Å². The predicted octanol–water partition coefficient (Wildman–Crippen LogP) is 3.86. The van der Waals surface area contributed by atoms with Crippen molar-refractivity contribution in [2.45, 2.75) is 20.3 Å². The quantitative estimate of drug-likeness (QED) is 0.720. The Morgan fingerprint density at radius 2 is 2.16 bits per heavy atom. The number of benzene rings is 1. The summed E-state index contributed by atoms with van der Waals surface area (Å²) in [6.45, 7) is 3.98. The van der Waals surface area contributed by atoms with Crippen molar-refractivity contribution in [3.05, 3.63) is 59.2 Å². The average Bonchev–Trinajstić information content (AvgIpc) is 3.03. The number of rotatable bonds is 3. The molecule has 0 saturated carbocycles. The fraction of sp³-hybridized carbons (Fsp3) is 0.188. The Labute approximate surface area is 111 Å². The summed E-state index contributed by atoms with van der Waals surface area (Å²) in [4.78, 5) is 15.7. The number of carbonyl (C=O) groups excluding carboxylic acids is 1. The third-order valence-corrected chi connectivity index (χ3v) is 3.50. The van der Waals surface area contributed by atoms with Crippen LogP contribution in [0.4, 0.5) is 0 Å². The summed E-state index contributed by atoms with van der Waals surface area (Å²) in [6.07, 6.45) is 4.26. The van der Waals surface area contributed by atoms with E-state index in [9.17, 15) is 4.79 Å². The van der Waals surface area contributed by atoms with Crippen molar-refractivity contribution >= 4 is 16.7 Å². The van der Waals surface area contributed by atoms with Crippen LogP contribution in [0, 0.1) is 6.92 Å². The van der Waals surface area contributed by atoms with Crippen LogP contribution in [-0.4, -0.2) is 10.8 Å². The normalized spacial score (nSPS) is 11.1. The molecule has 0 aliphatic carbocycles. The summed E-state index contributed by atoms with van der Waals surface area (Å²) in [5.74, 6) is 0.352. The molecular weight excluding hydrogens is 238 g/mol. The molecule has 96 valence electrons. The van der Waals surface area contributed by atoms with Crippen LogP contribution in [0.25, 0.3) is 10.9 Å². The molecule has 0 atom stereocenters. The lowest BCUT2D eigenvalue weighted by Gasteiger charge is -2.00.